The van der Waals surface area contributed by atoms with E-state index in [0.717, 1.165) is 39.4 Å². The van der Waals surface area contributed by atoms with E-state index in [1.807, 2.05) is 74.6 Å². The minimum absolute atomic E-state index is 0.135. The van der Waals surface area contributed by atoms with Crippen LogP contribution in [0.1, 0.15) is 27.2 Å². The second-order valence-corrected chi connectivity index (χ2v) is 8.51. The first-order valence-corrected chi connectivity index (χ1v) is 11.5. The van der Waals surface area contributed by atoms with Gasteiger partial charge < -0.3 is 5.32 Å². The van der Waals surface area contributed by atoms with E-state index < -0.39 is 0 Å². The standard InChI is InChI=1S/C25H23N5OS/c1-17-23-21(14-22(18-8-4-3-5-9-18)28-24(23)30(2)29-17)25(31)27-12-13-32-16-20-11-7-6-10-19(20)15-26/h3-11,14H,12-13,16H2,1-2H3,(H,27,31). The summed E-state index contributed by atoms with van der Waals surface area (Å²) < 4.78 is 1.72. The fraction of sp³-hybridized carbons (Fsp3) is 0.200. The van der Waals surface area contributed by atoms with Gasteiger partial charge in [-0.1, -0.05) is 48.5 Å². The predicted octanol–water partition coefficient (Wildman–Crippen LogP) is 4.48. The van der Waals surface area contributed by atoms with Crippen molar-refractivity contribution in [2.24, 2.45) is 7.05 Å². The molecule has 0 atom stereocenters. The molecule has 0 saturated carbocycles. The van der Waals surface area contributed by atoms with Crippen molar-refractivity contribution < 1.29 is 4.79 Å². The van der Waals surface area contributed by atoms with Crippen molar-refractivity contribution in [3.8, 4) is 17.3 Å². The Labute approximate surface area is 191 Å². The van der Waals surface area contributed by atoms with Gasteiger partial charge in [0.25, 0.3) is 5.91 Å². The first-order chi connectivity index (χ1) is 15.6. The number of rotatable bonds is 7. The van der Waals surface area contributed by atoms with Crippen molar-refractivity contribution in [1.29, 1.82) is 5.26 Å². The molecule has 0 radical (unpaired) electrons. The Kier molecular flexibility index (Phi) is 6.52. The molecule has 2 aromatic heterocycles. The largest absolute Gasteiger partial charge is 0.351 e. The Hall–Kier alpha value is -3.63. The third kappa shape index (κ3) is 4.51. The maximum Gasteiger partial charge on any atom is 0.252 e. The summed E-state index contributed by atoms with van der Waals surface area (Å²) >= 11 is 1.69. The number of carbonyl (C=O) groups is 1. The van der Waals surface area contributed by atoms with Crippen molar-refractivity contribution in [3.63, 3.8) is 0 Å². The molecule has 7 heteroatoms. The molecule has 2 aromatic carbocycles. The van der Waals surface area contributed by atoms with Crippen LogP contribution in [-0.2, 0) is 12.8 Å². The van der Waals surface area contributed by atoms with Gasteiger partial charge in [0.1, 0.15) is 0 Å². The van der Waals surface area contributed by atoms with Crippen molar-refractivity contribution in [2.45, 2.75) is 12.7 Å². The van der Waals surface area contributed by atoms with Crippen molar-refractivity contribution in [3.05, 3.63) is 83.0 Å². The maximum absolute atomic E-state index is 13.1. The van der Waals surface area contributed by atoms with Gasteiger partial charge in [-0.2, -0.15) is 22.1 Å². The molecule has 2 heterocycles. The molecule has 32 heavy (non-hydrogen) atoms. The number of nitrogens with one attached hydrogen (secondary N) is 1. The lowest BCUT2D eigenvalue weighted by molar-refractivity contribution is 0.0957. The van der Waals surface area contributed by atoms with Crippen LogP contribution >= 0.6 is 11.8 Å². The first kappa shape index (κ1) is 21.6. The lowest BCUT2D eigenvalue weighted by atomic mass is 10.0. The minimum Gasteiger partial charge on any atom is -0.351 e. The van der Waals surface area contributed by atoms with E-state index >= 15 is 0 Å². The van der Waals surface area contributed by atoms with Crippen LogP contribution in [0.2, 0.25) is 0 Å². The predicted molar refractivity (Wildman–Crippen MR) is 128 cm³/mol. The highest BCUT2D eigenvalue weighted by Crippen LogP contribution is 2.26. The zero-order valence-corrected chi connectivity index (χ0v) is 18.8. The molecule has 6 nitrogen and oxygen atoms in total. The van der Waals surface area contributed by atoms with Gasteiger partial charge in [-0.15, -0.1) is 0 Å². The average molecular weight is 442 g/mol. The number of benzene rings is 2. The topological polar surface area (TPSA) is 83.6 Å². The molecule has 0 spiro atoms. The Balaban J connectivity index is 1.49. The summed E-state index contributed by atoms with van der Waals surface area (Å²) in [6.45, 7) is 2.42. The molecule has 0 aliphatic rings. The van der Waals surface area contributed by atoms with Crippen LogP contribution in [0.4, 0.5) is 0 Å². The fourth-order valence-corrected chi connectivity index (χ4v) is 4.51. The quantitative estimate of drug-likeness (QED) is 0.428. The number of aryl methyl sites for hydroxylation is 2. The van der Waals surface area contributed by atoms with Gasteiger partial charge in [0.15, 0.2) is 5.65 Å². The van der Waals surface area contributed by atoms with E-state index in [2.05, 4.69) is 16.5 Å². The zero-order valence-electron chi connectivity index (χ0n) is 18.0. The van der Waals surface area contributed by atoms with Gasteiger partial charge in [-0.3, -0.25) is 9.48 Å². The normalized spacial score (nSPS) is 10.8. The number of thioether (sulfide) groups is 1. The lowest BCUT2D eigenvalue weighted by Crippen LogP contribution is -2.26. The summed E-state index contributed by atoms with van der Waals surface area (Å²) in [6, 6.07) is 21.5. The average Bonchev–Trinajstić information content (AvgIpc) is 3.12. The number of fused-ring (bicyclic) bond motifs is 1. The minimum atomic E-state index is -0.135. The van der Waals surface area contributed by atoms with E-state index in [1.165, 1.54) is 0 Å². The zero-order chi connectivity index (χ0) is 22.5. The molecule has 0 aliphatic heterocycles. The van der Waals surface area contributed by atoms with E-state index in [4.69, 9.17) is 4.98 Å². The summed E-state index contributed by atoms with van der Waals surface area (Å²) in [6.07, 6.45) is 0. The second-order valence-electron chi connectivity index (χ2n) is 7.41. The molecule has 0 unspecified atom stereocenters. The van der Waals surface area contributed by atoms with Crippen molar-refractivity contribution >= 4 is 28.7 Å². The number of pyridine rings is 1. The molecule has 1 amide bonds. The van der Waals surface area contributed by atoms with Crippen molar-refractivity contribution in [1.82, 2.24) is 20.1 Å². The Morgan fingerprint density at radius 1 is 1.16 bits per heavy atom. The number of nitriles is 1. The van der Waals surface area contributed by atoms with E-state index in [1.54, 1.807) is 16.4 Å². The van der Waals surface area contributed by atoms with Gasteiger partial charge in [0, 0.05) is 30.7 Å². The number of carbonyl (C=O) groups excluding carboxylic acids is 1. The highest BCUT2D eigenvalue weighted by Gasteiger charge is 2.19. The van der Waals surface area contributed by atoms with Crippen LogP contribution in [0.15, 0.2) is 60.7 Å². The molecule has 4 rings (SSSR count). The summed E-state index contributed by atoms with van der Waals surface area (Å²) in [4.78, 5) is 17.9. The van der Waals surface area contributed by atoms with Crippen LogP contribution in [0.3, 0.4) is 0 Å². The molecule has 0 bridgehead atoms. The molecule has 0 fully saturated rings. The van der Waals surface area contributed by atoms with Crippen LogP contribution in [0.25, 0.3) is 22.3 Å². The molecule has 0 saturated heterocycles. The number of nitrogens with zero attached hydrogens (tertiary/aromatic N) is 4. The van der Waals surface area contributed by atoms with E-state index in [-0.39, 0.29) is 5.91 Å². The molecule has 4 aromatic rings. The van der Waals surface area contributed by atoms with E-state index in [9.17, 15) is 10.1 Å². The second kappa shape index (κ2) is 9.67. The van der Waals surface area contributed by atoms with Crippen molar-refractivity contribution in [2.75, 3.05) is 12.3 Å². The van der Waals surface area contributed by atoms with Gasteiger partial charge >= 0.3 is 0 Å². The van der Waals surface area contributed by atoms with Crippen LogP contribution in [0.5, 0.6) is 0 Å². The fourth-order valence-electron chi connectivity index (χ4n) is 3.65. The SMILES string of the molecule is Cc1nn(C)c2nc(-c3ccccc3)cc(C(=O)NCCSCc3ccccc3C#N)c12. The highest BCUT2D eigenvalue weighted by atomic mass is 32.2. The van der Waals surface area contributed by atoms with Gasteiger partial charge in [0.2, 0.25) is 0 Å². The van der Waals surface area contributed by atoms with Crippen LogP contribution < -0.4 is 5.32 Å². The van der Waals surface area contributed by atoms with Gasteiger partial charge in [-0.25, -0.2) is 4.98 Å². The third-order valence-electron chi connectivity index (χ3n) is 5.21. The first-order valence-electron chi connectivity index (χ1n) is 10.3. The summed E-state index contributed by atoms with van der Waals surface area (Å²) in [7, 11) is 1.84. The van der Waals surface area contributed by atoms with Crippen LogP contribution in [0, 0.1) is 18.3 Å². The number of aromatic nitrogens is 3. The smallest absolute Gasteiger partial charge is 0.252 e. The number of hydrogen-bond acceptors (Lipinski definition) is 5. The third-order valence-corrected chi connectivity index (χ3v) is 6.22. The summed E-state index contributed by atoms with van der Waals surface area (Å²) in [5.41, 5.74) is 5.46. The van der Waals surface area contributed by atoms with Crippen LogP contribution in [-0.4, -0.2) is 33.0 Å². The molecular formula is C25H23N5OS. The summed E-state index contributed by atoms with van der Waals surface area (Å²) in [5, 5.41) is 17.5. The summed E-state index contributed by atoms with van der Waals surface area (Å²) in [5.74, 6) is 1.35. The van der Waals surface area contributed by atoms with E-state index in [0.29, 0.717) is 23.3 Å². The number of amides is 1. The molecule has 0 aliphatic carbocycles. The monoisotopic (exact) mass is 441 g/mol. The molecular weight excluding hydrogens is 418 g/mol. The van der Waals surface area contributed by atoms with Gasteiger partial charge in [0.05, 0.1) is 34.0 Å². The highest BCUT2D eigenvalue weighted by molar-refractivity contribution is 7.98. The molecule has 160 valence electrons. The Morgan fingerprint density at radius 2 is 1.91 bits per heavy atom. The van der Waals surface area contributed by atoms with Gasteiger partial charge in [-0.05, 0) is 24.6 Å². The lowest BCUT2D eigenvalue weighted by Gasteiger charge is -2.10. The number of hydrogen-bond donors (Lipinski definition) is 1. The Morgan fingerprint density at radius 3 is 2.69 bits per heavy atom. The molecule has 1 N–H and O–H groups in total. The Bertz CT molecular complexity index is 1310. The maximum atomic E-state index is 13.1.